The van der Waals surface area contributed by atoms with Crippen LogP contribution in [0.5, 0.6) is 17.2 Å². The minimum absolute atomic E-state index is 0.0235. The van der Waals surface area contributed by atoms with Crippen LogP contribution in [-0.4, -0.2) is 40.2 Å². The number of phenols is 1. The fourth-order valence-electron chi connectivity index (χ4n) is 2.95. The van der Waals surface area contributed by atoms with Crippen LogP contribution in [-0.2, 0) is 0 Å². The number of methoxy groups -OCH3 is 2. The molecule has 4 aromatic rings. The summed E-state index contributed by atoms with van der Waals surface area (Å²) >= 11 is 0. The van der Waals surface area contributed by atoms with Gasteiger partial charge in [-0.1, -0.05) is 0 Å². The van der Waals surface area contributed by atoms with Crippen LogP contribution in [0.4, 0.5) is 0 Å². The van der Waals surface area contributed by atoms with Gasteiger partial charge in [-0.05, 0) is 42.0 Å². The number of benzene rings is 2. The van der Waals surface area contributed by atoms with Gasteiger partial charge < -0.3 is 24.5 Å². The molecule has 0 spiro atoms. The lowest BCUT2D eigenvalue weighted by molar-refractivity contribution is 0.373. The molecule has 0 bridgehead atoms. The largest absolute Gasteiger partial charge is 0.504 e. The lowest BCUT2D eigenvalue weighted by atomic mass is 10.2. The molecular weight excluding hydrogens is 364 g/mol. The van der Waals surface area contributed by atoms with Crippen LogP contribution in [0.3, 0.4) is 0 Å². The Hall–Kier alpha value is -4.01. The second-order valence-corrected chi connectivity index (χ2v) is 6.01. The van der Waals surface area contributed by atoms with Gasteiger partial charge in [-0.2, -0.15) is 5.10 Å². The zero-order valence-corrected chi connectivity index (χ0v) is 15.0. The van der Waals surface area contributed by atoms with Gasteiger partial charge in [0, 0.05) is 10.9 Å². The molecule has 4 rings (SSSR count). The molecule has 0 saturated carbocycles. The van der Waals surface area contributed by atoms with Gasteiger partial charge in [0.15, 0.2) is 11.5 Å². The summed E-state index contributed by atoms with van der Waals surface area (Å²) in [6, 6.07) is 9.80. The molecule has 2 heterocycles. The third-order valence-corrected chi connectivity index (χ3v) is 4.36. The molecule has 0 aliphatic carbocycles. The Morgan fingerprint density at radius 1 is 1.04 bits per heavy atom. The smallest absolute Gasteiger partial charge is 0.350 e. The van der Waals surface area contributed by atoms with E-state index in [9.17, 15) is 14.7 Å². The quantitative estimate of drug-likeness (QED) is 0.466. The van der Waals surface area contributed by atoms with Crippen LogP contribution in [0.25, 0.3) is 21.9 Å². The fraction of sp³-hybridized carbons (Fsp3) is 0.105. The predicted molar refractivity (Wildman–Crippen MR) is 105 cm³/mol. The SMILES string of the molecule is COc1ccc2[nH]c3c(=O)n(N=Cc4ccc(O)c(OC)c4)c(=O)[nH]c3c2c1. The van der Waals surface area contributed by atoms with Crippen molar-refractivity contribution in [3.63, 3.8) is 0 Å². The first-order chi connectivity index (χ1) is 13.5. The Morgan fingerprint density at radius 3 is 2.61 bits per heavy atom. The number of phenolic OH excluding ortho intramolecular Hbond substituents is 1. The molecule has 9 nitrogen and oxygen atoms in total. The summed E-state index contributed by atoms with van der Waals surface area (Å²) in [4.78, 5) is 30.9. The summed E-state index contributed by atoms with van der Waals surface area (Å²) in [5.41, 5.74) is 0.583. The molecule has 0 atom stereocenters. The Morgan fingerprint density at radius 2 is 1.86 bits per heavy atom. The number of hydrogen-bond donors (Lipinski definition) is 3. The highest BCUT2D eigenvalue weighted by Crippen LogP contribution is 2.26. The molecule has 0 aliphatic heterocycles. The second-order valence-electron chi connectivity index (χ2n) is 6.01. The van der Waals surface area contributed by atoms with Gasteiger partial charge in [-0.15, -0.1) is 4.68 Å². The van der Waals surface area contributed by atoms with Gasteiger partial charge in [0.1, 0.15) is 11.3 Å². The van der Waals surface area contributed by atoms with E-state index >= 15 is 0 Å². The van der Waals surface area contributed by atoms with Crippen LogP contribution < -0.4 is 20.7 Å². The molecular formula is C19H16N4O5. The van der Waals surface area contributed by atoms with E-state index in [0.29, 0.717) is 27.7 Å². The van der Waals surface area contributed by atoms with Crippen molar-refractivity contribution in [2.45, 2.75) is 0 Å². The van der Waals surface area contributed by atoms with Crippen molar-refractivity contribution in [1.82, 2.24) is 14.6 Å². The average Bonchev–Trinajstić information content (AvgIpc) is 3.06. The number of fused-ring (bicyclic) bond motifs is 3. The molecule has 9 heteroatoms. The molecule has 3 N–H and O–H groups in total. The summed E-state index contributed by atoms with van der Waals surface area (Å²) in [5.74, 6) is 0.840. The number of H-pyrrole nitrogens is 2. The summed E-state index contributed by atoms with van der Waals surface area (Å²) in [7, 11) is 2.96. The van der Waals surface area contributed by atoms with E-state index < -0.39 is 11.2 Å². The van der Waals surface area contributed by atoms with E-state index in [2.05, 4.69) is 15.1 Å². The first kappa shape index (κ1) is 17.4. The Labute approximate surface area is 157 Å². The third-order valence-electron chi connectivity index (χ3n) is 4.36. The topological polar surface area (TPSA) is 122 Å². The van der Waals surface area contributed by atoms with Gasteiger partial charge in [-0.25, -0.2) is 4.79 Å². The van der Waals surface area contributed by atoms with Crippen LogP contribution in [0.15, 0.2) is 51.1 Å². The average molecular weight is 380 g/mol. The maximum atomic E-state index is 12.8. The van der Waals surface area contributed by atoms with Crippen molar-refractivity contribution in [3.8, 4) is 17.2 Å². The van der Waals surface area contributed by atoms with E-state index in [0.717, 1.165) is 4.68 Å². The van der Waals surface area contributed by atoms with Gasteiger partial charge in [-0.3, -0.25) is 4.79 Å². The van der Waals surface area contributed by atoms with E-state index in [-0.39, 0.29) is 17.0 Å². The number of rotatable bonds is 4. The summed E-state index contributed by atoms with van der Waals surface area (Å²) < 4.78 is 11.0. The highest BCUT2D eigenvalue weighted by Gasteiger charge is 2.13. The predicted octanol–water partition coefficient (Wildman–Crippen LogP) is 1.78. The van der Waals surface area contributed by atoms with Gasteiger partial charge in [0.2, 0.25) is 0 Å². The lowest BCUT2D eigenvalue weighted by Crippen LogP contribution is -2.32. The van der Waals surface area contributed by atoms with E-state index in [1.165, 1.54) is 25.5 Å². The lowest BCUT2D eigenvalue weighted by Gasteiger charge is -2.03. The van der Waals surface area contributed by atoms with E-state index in [4.69, 9.17) is 9.47 Å². The number of aromatic hydroxyl groups is 1. The molecule has 2 aromatic carbocycles. The maximum Gasteiger partial charge on any atom is 0.350 e. The molecule has 2 aromatic heterocycles. The monoisotopic (exact) mass is 380 g/mol. The number of nitrogens with zero attached hydrogens (tertiary/aromatic N) is 2. The maximum absolute atomic E-state index is 12.8. The highest BCUT2D eigenvalue weighted by molar-refractivity contribution is 6.04. The summed E-state index contributed by atoms with van der Waals surface area (Å²) in [6.07, 6.45) is 1.33. The van der Waals surface area contributed by atoms with Gasteiger partial charge in [0.25, 0.3) is 0 Å². The van der Waals surface area contributed by atoms with Crippen molar-refractivity contribution in [2.24, 2.45) is 5.10 Å². The summed E-state index contributed by atoms with van der Waals surface area (Å²) in [5, 5.41) is 14.3. The van der Waals surface area contributed by atoms with Crippen LogP contribution in [0, 0.1) is 0 Å². The standard InChI is InChI=1S/C19H16N4O5/c1-27-11-4-5-13-12(8-11)16-17(21-13)18(25)23(19(26)22-16)20-9-10-3-6-14(24)15(7-10)28-2/h3-9,21,24H,1-2H3,(H,22,26). The molecule has 0 saturated heterocycles. The molecule has 0 radical (unpaired) electrons. The minimum atomic E-state index is -0.678. The fourth-order valence-corrected chi connectivity index (χ4v) is 2.95. The van der Waals surface area contributed by atoms with Crippen molar-refractivity contribution < 1.29 is 14.6 Å². The van der Waals surface area contributed by atoms with Crippen LogP contribution >= 0.6 is 0 Å². The molecule has 0 fully saturated rings. The first-order valence-electron chi connectivity index (χ1n) is 8.28. The van der Waals surface area contributed by atoms with E-state index in [1.807, 2.05) is 0 Å². The normalized spacial score (nSPS) is 11.5. The van der Waals surface area contributed by atoms with Crippen molar-refractivity contribution in [2.75, 3.05) is 14.2 Å². The van der Waals surface area contributed by atoms with Crippen molar-refractivity contribution in [3.05, 3.63) is 62.8 Å². The molecule has 0 amide bonds. The van der Waals surface area contributed by atoms with E-state index in [1.54, 1.807) is 31.4 Å². The molecule has 0 unspecified atom stereocenters. The number of nitrogens with one attached hydrogen (secondary N) is 2. The highest BCUT2D eigenvalue weighted by atomic mass is 16.5. The zero-order chi connectivity index (χ0) is 19.8. The Bertz CT molecular complexity index is 1350. The van der Waals surface area contributed by atoms with Crippen molar-refractivity contribution in [1.29, 1.82) is 0 Å². The number of hydrogen-bond acceptors (Lipinski definition) is 6. The number of aromatic nitrogens is 3. The number of ether oxygens (including phenoxy) is 2. The second kappa shape index (κ2) is 6.62. The zero-order valence-electron chi connectivity index (χ0n) is 15.0. The van der Waals surface area contributed by atoms with Gasteiger partial charge >= 0.3 is 11.2 Å². The molecule has 28 heavy (non-hydrogen) atoms. The Kier molecular flexibility index (Phi) is 4.11. The van der Waals surface area contributed by atoms with Crippen LogP contribution in [0.1, 0.15) is 5.56 Å². The first-order valence-corrected chi connectivity index (χ1v) is 8.28. The molecule has 0 aliphatic rings. The number of aromatic amines is 2. The summed E-state index contributed by atoms with van der Waals surface area (Å²) in [6.45, 7) is 0. The third kappa shape index (κ3) is 2.78. The van der Waals surface area contributed by atoms with Crippen LogP contribution in [0.2, 0.25) is 0 Å². The minimum Gasteiger partial charge on any atom is -0.504 e. The Balaban J connectivity index is 1.85. The molecule has 142 valence electrons. The van der Waals surface area contributed by atoms with Crippen molar-refractivity contribution >= 4 is 28.2 Å². The van der Waals surface area contributed by atoms with Gasteiger partial charge in [0.05, 0.1) is 26.0 Å².